The number of hydrogen-bond acceptors (Lipinski definition) is 5. The van der Waals surface area contributed by atoms with Gasteiger partial charge in [0.25, 0.3) is 5.91 Å². The van der Waals surface area contributed by atoms with Crippen molar-refractivity contribution in [2.24, 2.45) is 0 Å². The van der Waals surface area contributed by atoms with E-state index in [0.29, 0.717) is 31.9 Å². The number of piperazine rings is 1. The van der Waals surface area contributed by atoms with Crippen molar-refractivity contribution >= 4 is 45.8 Å². The summed E-state index contributed by atoms with van der Waals surface area (Å²) in [7, 11) is 0. The van der Waals surface area contributed by atoms with Crippen LogP contribution in [0.15, 0.2) is 24.3 Å². The van der Waals surface area contributed by atoms with Gasteiger partial charge in [0.15, 0.2) is 11.6 Å². The average Bonchev–Trinajstić information content (AvgIpc) is 2.81. The second-order valence-electron chi connectivity index (χ2n) is 8.28. The highest BCUT2D eigenvalue weighted by atomic mass is 127. The third-order valence-electron chi connectivity index (χ3n) is 5.91. The lowest BCUT2D eigenvalue weighted by atomic mass is 10.0. The quantitative estimate of drug-likeness (QED) is 0.301. The van der Waals surface area contributed by atoms with Crippen LogP contribution < -0.4 is 5.32 Å². The minimum Gasteiger partial charge on any atom is -0.478 e. The van der Waals surface area contributed by atoms with Gasteiger partial charge in [0.05, 0.1) is 16.8 Å². The number of hydrogen-bond donors (Lipinski definition) is 3. The molecule has 0 aliphatic carbocycles. The van der Waals surface area contributed by atoms with Gasteiger partial charge in [0, 0.05) is 42.0 Å². The third-order valence-corrected chi connectivity index (χ3v) is 6.58. The van der Waals surface area contributed by atoms with E-state index in [1.54, 1.807) is 19.1 Å². The molecule has 34 heavy (non-hydrogen) atoms. The number of carboxylic acid groups (broad SMARTS) is 1. The van der Waals surface area contributed by atoms with Gasteiger partial charge in [-0.2, -0.15) is 0 Å². The molecule has 1 heterocycles. The first-order valence-corrected chi connectivity index (χ1v) is 12.2. The number of benzene rings is 2. The number of rotatable bonds is 9. The van der Waals surface area contributed by atoms with Gasteiger partial charge in [-0.1, -0.05) is 0 Å². The van der Waals surface area contributed by atoms with E-state index in [0.717, 1.165) is 41.0 Å². The fourth-order valence-electron chi connectivity index (χ4n) is 3.94. The Labute approximate surface area is 210 Å². The zero-order chi connectivity index (χ0) is 24.8. The van der Waals surface area contributed by atoms with Crippen LogP contribution in [0.5, 0.6) is 0 Å². The lowest BCUT2D eigenvalue weighted by Gasteiger charge is -2.35. The molecule has 0 atom stereocenters. The number of carbonyl (C=O) groups is 2. The molecule has 0 saturated carbocycles. The number of anilines is 2. The van der Waals surface area contributed by atoms with Crippen molar-refractivity contribution < 1.29 is 28.6 Å². The predicted octanol–water partition coefficient (Wildman–Crippen LogP) is 4.24. The number of amides is 1. The summed E-state index contributed by atoms with van der Waals surface area (Å²) >= 11 is 2.12. The third kappa shape index (κ3) is 6.22. The van der Waals surface area contributed by atoms with Gasteiger partial charge in [0.1, 0.15) is 0 Å². The average molecular weight is 587 g/mol. The van der Waals surface area contributed by atoms with E-state index in [1.807, 2.05) is 6.07 Å². The number of aliphatic hydroxyl groups is 1. The largest absolute Gasteiger partial charge is 0.478 e. The van der Waals surface area contributed by atoms with E-state index >= 15 is 8.78 Å². The SMILES string of the molecule is Cc1cc(I)ccc1Nc1c(C(=O)O)cc(C(=O)N2CCN(CCCCCO)CC2)c(F)c1F. The summed E-state index contributed by atoms with van der Waals surface area (Å²) in [6, 6.07) is 6.15. The molecule has 1 aliphatic rings. The van der Waals surface area contributed by atoms with E-state index in [2.05, 4.69) is 32.8 Å². The molecule has 0 radical (unpaired) electrons. The molecule has 0 unspecified atom stereocenters. The van der Waals surface area contributed by atoms with Crippen molar-refractivity contribution in [2.75, 3.05) is 44.6 Å². The lowest BCUT2D eigenvalue weighted by molar-refractivity contribution is 0.0629. The molecule has 3 rings (SSSR count). The van der Waals surface area contributed by atoms with Crippen LogP contribution in [0.25, 0.3) is 0 Å². The van der Waals surface area contributed by atoms with Crippen LogP contribution in [0.3, 0.4) is 0 Å². The number of nitrogens with zero attached hydrogens (tertiary/aromatic N) is 2. The summed E-state index contributed by atoms with van der Waals surface area (Å²) < 4.78 is 31.0. The smallest absolute Gasteiger partial charge is 0.337 e. The highest BCUT2D eigenvalue weighted by Crippen LogP contribution is 2.31. The van der Waals surface area contributed by atoms with Gasteiger partial charge in [-0.05, 0) is 85.2 Å². The number of unbranched alkanes of at least 4 members (excludes halogenated alkanes) is 2. The number of halogens is 3. The maximum atomic E-state index is 15.1. The Kier molecular flexibility index (Phi) is 9.20. The summed E-state index contributed by atoms with van der Waals surface area (Å²) in [5.41, 5.74) is -0.440. The number of nitrogens with one attached hydrogen (secondary N) is 1. The first kappa shape index (κ1) is 26.3. The Morgan fingerprint density at radius 2 is 1.74 bits per heavy atom. The van der Waals surface area contributed by atoms with Crippen LogP contribution in [0, 0.1) is 22.1 Å². The maximum absolute atomic E-state index is 15.1. The molecule has 2 aromatic carbocycles. The van der Waals surface area contributed by atoms with E-state index in [4.69, 9.17) is 5.11 Å². The van der Waals surface area contributed by atoms with Gasteiger partial charge in [-0.25, -0.2) is 13.6 Å². The Morgan fingerprint density at radius 3 is 2.35 bits per heavy atom. The molecule has 10 heteroatoms. The topological polar surface area (TPSA) is 93.1 Å². The molecular formula is C24H28F2IN3O4. The summed E-state index contributed by atoms with van der Waals surface area (Å²) in [5, 5.41) is 21.2. The highest BCUT2D eigenvalue weighted by molar-refractivity contribution is 14.1. The number of carboxylic acids is 1. The Morgan fingerprint density at radius 1 is 1.03 bits per heavy atom. The van der Waals surface area contributed by atoms with E-state index in [9.17, 15) is 14.7 Å². The Bertz CT molecular complexity index is 1060. The maximum Gasteiger partial charge on any atom is 0.337 e. The van der Waals surface area contributed by atoms with Crippen LogP contribution >= 0.6 is 22.6 Å². The van der Waals surface area contributed by atoms with Gasteiger partial charge in [-0.15, -0.1) is 0 Å². The van der Waals surface area contributed by atoms with Gasteiger partial charge >= 0.3 is 5.97 Å². The molecule has 1 aliphatic heterocycles. The zero-order valence-electron chi connectivity index (χ0n) is 18.9. The molecule has 0 aromatic heterocycles. The fourth-order valence-corrected chi connectivity index (χ4v) is 4.59. The number of aromatic carboxylic acids is 1. The number of aliphatic hydroxyl groups excluding tert-OH is 1. The van der Waals surface area contributed by atoms with Crippen molar-refractivity contribution in [3.8, 4) is 0 Å². The second kappa shape index (κ2) is 11.9. The van der Waals surface area contributed by atoms with E-state index in [-0.39, 0.29) is 6.61 Å². The summed E-state index contributed by atoms with van der Waals surface area (Å²) in [5.74, 6) is -4.96. The lowest BCUT2D eigenvalue weighted by Crippen LogP contribution is -2.49. The van der Waals surface area contributed by atoms with Crippen LogP contribution in [0.4, 0.5) is 20.2 Å². The summed E-state index contributed by atoms with van der Waals surface area (Å²) in [6.45, 7) is 4.63. The Hall–Kier alpha value is -2.31. The van der Waals surface area contributed by atoms with Gasteiger partial charge < -0.3 is 20.4 Å². The van der Waals surface area contributed by atoms with Crippen molar-refractivity contribution in [3.05, 3.63) is 56.2 Å². The van der Waals surface area contributed by atoms with Gasteiger partial charge in [0.2, 0.25) is 0 Å². The molecule has 1 saturated heterocycles. The summed E-state index contributed by atoms with van der Waals surface area (Å²) in [6.07, 6.45) is 2.61. The Balaban J connectivity index is 1.79. The van der Waals surface area contributed by atoms with Crippen LogP contribution in [0.2, 0.25) is 0 Å². The van der Waals surface area contributed by atoms with Crippen molar-refractivity contribution in [1.82, 2.24) is 9.80 Å². The van der Waals surface area contributed by atoms with Crippen LogP contribution in [-0.4, -0.2) is 71.2 Å². The normalized spacial score (nSPS) is 14.3. The molecular weight excluding hydrogens is 559 g/mol. The first-order chi connectivity index (χ1) is 16.2. The molecule has 2 aromatic rings. The number of carbonyl (C=O) groups excluding carboxylic acids is 1. The van der Waals surface area contributed by atoms with Crippen molar-refractivity contribution in [3.63, 3.8) is 0 Å². The minimum atomic E-state index is -1.47. The second-order valence-corrected chi connectivity index (χ2v) is 9.53. The van der Waals surface area contributed by atoms with E-state index < -0.39 is 40.3 Å². The molecule has 184 valence electrons. The van der Waals surface area contributed by atoms with Gasteiger partial charge in [-0.3, -0.25) is 9.69 Å². The molecule has 3 N–H and O–H groups in total. The van der Waals surface area contributed by atoms with Crippen LogP contribution in [0.1, 0.15) is 45.5 Å². The first-order valence-electron chi connectivity index (χ1n) is 11.1. The molecule has 0 bridgehead atoms. The minimum absolute atomic E-state index is 0.168. The monoisotopic (exact) mass is 587 g/mol. The predicted molar refractivity (Wildman–Crippen MR) is 134 cm³/mol. The van der Waals surface area contributed by atoms with E-state index in [1.165, 1.54) is 4.90 Å². The molecule has 0 spiro atoms. The fraction of sp³-hybridized carbons (Fsp3) is 0.417. The van der Waals surface area contributed by atoms with Crippen LogP contribution in [-0.2, 0) is 0 Å². The molecule has 1 fully saturated rings. The standard InChI is InChI=1S/C24H28F2IN3O4/c1-15-13-16(27)5-6-19(15)28-22-18(24(33)34)14-17(20(25)21(22)26)23(32)30-10-8-29(9-11-30)7-3-2-4-12-31/h5-6,13-14,28,31H,2-4,7-12H2,1H3,(H,33,34). The summed E-state index contributed by atoms with van der Waals surface area (Å²) in [4.78, 5) is 28.4. The highest BCUT2D eigenvalue weighted by Gasteiger charge is 2.30. The van der Waals surface area contributed by atoms with Crippen molar-refractivity contribution in [2.45, 2.75) is 26.2 Å². The molecule has 1 amide bonds. The van der Waals surface area contributed by atoms with Crippen molar-refractivity contribution in [1.29, 1.82) is 0 Å². The zero-order valence-corrected chi connectivity index (χ0v) is 21.1. The molecule has 7 nitrogen and oxygen atoms in total. The number of aryl methyl sites for hydroxylation is 1.